The van der Waals surface area contributed by atoms with Crippen LogP contribution >= 0.6 is 0 Å². The van der Waals surface area contributed by atoms with Gasteiger partial charge in [-0.05, 0) is 69.7 Å². The van der Waals surface area contributed by atoms with Crippen LogP contribution in [0.25, 0.3) is 0 Å². The molecule has 1 aromatic carbocycles. The van der Waals surface area contributed by atoms with Gasteiger partial charge in [0.1, 0.15) is 0 Å². The standard InChI is InChI=1S/C25H34FN5O3/c1-16-13-31(14-17(2)34-16)22-10-8-21(9-11-22)29-25-27-12-23(26)24(30-25)33-15-19-4-6-20(7-5-19)28-18(3)32/h8-12,16-17,19-20H,4-7,13-15H2,1-3H3,(H,28,32)(H,27,29,30)/t16-,17+,19-,20-. The summed E-state index contributed by atoms with van der Waals surface area (Å²) in [6.45, 7) is 7.81. The smallest absolute Gasteiger partial charge is 0.255 e. The third-order valence-corrected chi connectivity index (χ3v) is 6.33. The Morgan fingerprint density at radius 1 is 1.15 bits per heavy atom. The van der Waals surface area contributed by atoms with Crippen LogP contribution < -0.4 is 20.3 Å². The maximum Gasteiger partial charge on any atom is 0.255 e. The Labute approximate surface area is 200 Å². The van der Waals surface area contributed by atoms with Crippen LogP contribution in [0, 0.1) is 11.7 Å². The Bertz CT molecular complexity index is 956. The van der Waals surface area contributed by atoms with Crippen molar-refractivity contribution in [2.75, 3.05) is 29.9 Å². The Balaban J connectivity index is 1.31. The molecular formula is C25H34FN5O3. The minimum Gasteiger partial charge on any atom is -0.475 e. The second kappa shape index (κ2) is 11.0. The van der Waals surface area contributed by atoms with Crippen LogP contribution in [0.3, 0.4) is 0 Å². The van der Waals surface area contributed by atoms with Gasteiger partial charge in [-0.25, -0.2) is 4.98 Å². The predicted octanol–water partition coefficient (Wildman–Crippen LogP) is 4.05. The maximum absolute atomic E-state index is 14.2. The molecule has 34 heavy (non-hydrogen) atoms. The van der Waals surface area contributed by atoms with E-state index >= 15 is 0 Å². The molecule has 1 aliphatic heterocycles. The van der Waals surface area contributed by atoms with Crippen molar-refractivity contribution in [3.05, 3.63) is 36.3 Å². The summed E-state index contributed by atoms with van der Waals surface area (Å²) >= 11 is 0. The zero-order chi connectivity index (χ0) is 24.1. The van der Waals surface area contributed by atoms with Gasteiger partial charge in [0.05, 0.1) is 25.0 Å². The summed E-state index contributed by atoms with van der Waals surface area (Å²) in [6, 6.07) is 8.24. The Morgan fingerprint density at radius 3 is 2.47 bits per heavy atom. The molecule has 1 aliphatic carbocycles. The highest BCUT2D eigenvalue weighted by atomic mass is 19.1. The number of amides is 1. The van der Waals surface area contributed by atoms with E-state index in [9.17, 15) is 9.18 Å². The number of hydrogen-bond acceptors (Lipinski definition) is 7. The molecule has 0 bridgehead atoms. The minimum absolute atomic E-state index is 0.00252. The van der Waals surface area contributed by atoms with Crippen molar-refractivity contribution in [2.24, 2.45) is 5.92 Å². The van der Waals surface area contributed by atoms with Gasteiger partial charge in [-0.2, -0.15) is 9.37 Å². The first-order chi connectivity index (χ1) is 16.4. The van der Waals surface area contributed by atoms with Crippen LogP contribution in [-0.4, -0.2) is 53.8 Å². The van der Waals surface area contributed by atoms with Crippen LogP contribution in [0.15, 0.2) is 30.5 Å². The van der Waals surface area contributed by atoms with E-state index in [0.29, 0.717) is 12.5 Å². The Hall–Kier alpha value is -2.94. The first-order valence-corrected chi connectivity index (χ1v) is 12.1. The first kappa shape index (κ1) is 24.2. The van der Waals surface area contributed by atoms with Crippen molar-refractivity contribution in [2.45, 2.75) is 64.7 Å². The molecule has 1 aromatic heterocycles. The number of hydrogen-bond donors (Lipinski definition) is 2. The lowest BCUT2D eigenvalue weighted by molar-refractivity contribution is -0.119. The number of benzene rings is 1. The lowest BCUT2D eigenvalue weighted by Crippen LogP contribution is -2.45. The van der Waals surface area contributed by atoms with E-state index in [-0.39, 0.29) is 36.0 Å². The molecule has 0 spiro atoms. The molecule has 2 aromatic rings. The second-order valence-electron chi connectivity index (χ2n) is 9.41. The average Bonchev–Trinajstić information content (AvgIpc) is 2.80. The number of carbonyl (C=O) groups is 1. The summed E-state index contributed by atoms with van der Waals surface area (Å²) in [6.07, 6.45) is 5.18. The summed E-state index contributed by atoms with van der Waals surface area (Å²) in [5.41, 5.74) is 1.94. The highest BCUT2D eigenvalue weighted by Gasteiger charge is 2.24. The number of nitrogens with zero attached hydrogens (tertiary/aromatic N) is 3. The lowest BCUT2D eigenvalue weighted by atomic mass is 9.86. The van der Waals surface area contributed by atoms with E-state index in [0.717, 1.165) is 56.3 Å². The monoisotopic (exact) mass is 471 g/mol. The van der Waals surface area contributed by atoms with Gasteiger partial charge in [0.2, 0.25) is 17.7 Å². The van der Waals surface area contributed by atoms with Crippen molar-refractivity contribution in [3.63, 3.8) is 0 Å². The summed E-state index contributed by atoms with van der Waals surface area (Å²) < 4.78 is 25.8. The number of morpholine rings is 1. The molecule has 2 fully saturated rings. The minimum atomic E-state index is -0.580. The zero-order valence-electron chi connectivity index (χ0n) is 20.1. The number of rotatable bonds is 7. The van der Waals surface area contributed by atoms with Crippen molar-refractivity contribution >= 4 is 23.2 Å². The van der Waals surface area contributed by atoms with Crippen molar-refractivity contribution in [1.29, 1.82) is 0 Å². The van der Waals surface area contributed by atoms with Crippen LogP contribution in [0.5, 0.6) is 5.88 Å². The van der Waals surface area contributed by atoms with Crippen LogP contribution in [0.1, 0.15) is 46.5 Å². The van der Waals surface area contributed by atoms with Gasteiger partial charge in [-0.15, -0.1) is 0 Å². The van der Waals surface area contributed by atoms with Gasteiger partial charge < -0.3 is 25.0 Å². The number of aromatic nitrogens is 2. The van der Waals surface area contributed by atoms with E-state index in [4.69, 9.17) is 9.47 Å². The second-order valence-corrected chi connectivity index (χ2v) is 9.41. The first-order valence-electron chi connectivity index (χ1n) is 12.1. The number of halogens is 1. The predicted molar refractivity (Wildman–Crippen MR) is 129 cm³/mol. The quantitative estimate of drug-likeness (QED) is 0.630. The molecule has 1 saturated carbocycles. The Morgan fingerprint density at radius 2 is 1.82 bits per heavy atom. The molecule has 9 heteroatoms. The molecule has 2 aliphatic rings. The van der Waals surface area contributed by atoms with Gasteiger partial charge >= 0.3 is 0 Å². The third-order valence-electron chi connectivity index (χ3n) is 6.33. The fourth-order valence-electron chi connectivity index (χ4n) is 4.74. The normalized spacial score (nSPS) is 25.0. The van der Waals surface area contributed by atoms with E-state index in [1.807, 2.05) is 24.3 Å². The molecule has 1 saturated heterocycles. The van der Waals surface area contributed by atoms with Gasteiger partial charge in [0.25, 0.3) is 5.88 Å². The van der Waals surface area contributed by atoms with E-state index in [1.54, 1.807) is 0 Å². The van der Waals surface area contributed by atoms with Crippen LogP contribution in [0.4, 0.5) is 21.7 Å². The molecule has 2 heterocycles. The van der Waals surface area contributed by atoms with Crippen LogP contribution in [0.2, 0.25) is 0 Å². The molecule has 2 atom stereocenters. The fraction of sp³-hybridized carbons (Fsp3) is 0.560. The number of nitrogens with one attached hydrogen (secondary N) is 2. The maximum atomic E-state index is 14.2. The lowest BCUT2D eigenvalue weighted by Gasteiger charge is -2.36. The average molecular weight is 472 g/mol. The summed E-state index contributed by atoms with van der Waals surface area (Å²) in [5, 5.41) is 6.09. The van der Waals surface area contributed by atoms with Crippen LogP contribution in [-0.2, 0) is 9.53 Å². The molecule has 2 N–H and O–H groups in total. The molecular weight excluding hydrogens is 437 g/mol. The number of ether oxygens (including phenoxy) is 2. The third kappa shape index (κ3) is 6.56. The SMILES string of the molecule is CC(=O)N[C@H]1CC[C@H](COc2nc(Nc3ccc(N4C[C@@H](C)O[C@@H](C)C4)cc3)ncc2F)CC1. The van der Waals surface area contributed by atoms with Gasteiger partial charge in [-0.1, -0.05) is 0 Å². The van der Waals surface area contributed by atoms with E-state index < -0.39 is 5.82 Å². The van der Waals surface area contributed by atoms with Crippen molar-refractivity contribution in [1.82, 2.24) is 15.3 Å². The molecule has 4 rings (SSSR count). The number of anilines is 3. The highest BCUT2D eigenvalue weighted by molar-refractivity contribution is 5.73. The van der Waals surface area contributed by atoms with Gasteiger partial charge in [0, 0.05) is 37.4 Å². The van der Waals surface area contributed by atoms with Crippen molar-refractivity contribution < 1.29 is 18.7 Å². The molecule has 184 valence electrons. The Kier molecular flexibility index (Phi) is 7.82. The topological polar surface area (TPSA) is 88.6 Å². The summed E-state index contributed by atoms with van der Waals surface area (Å²) in [7, 11) is 0. The summed E-state index contributed by atoms with van der Waals surface area (Å²) in [5.74, 6) is -0.0263. The largest absolute Gasteiger partial charge is 0.475 e. The van der Waals surface area contributed by atoms with E-state index in [1.165, 1.54) is 6.92 Å². The highest BCUT2D eigenvalue weighted by Crippen LogP contribution is 2.27. The molecule has 8 nitrogen and oxygen atoms in total. The summed E-state index contributed by atoms with van der Waals surface area (Å²) in [4.78, 5) is 21.8. The van der Waals surface area contributed by atoms with Gasteiger partial charge in [0.15, 0.2) is 0 Å². The fourth-order valence-corrected chi connectivity index (χ4v) is 4.74. The molecule has 0 unspecified atom stereocenters. The zero-order valence-corrected chi connectivity index (χ0v) is 20.1. The molecule has 0 radical (unpaired) electrons. The van der Waals surface area contributed by atoms with Crippen molar-refractivity contribution in [3.8, 4) is 5.88 Å². The number of carbonyl (C=O) groups excluding carboxylic acids is 1. The van der Waals surface area contributed by atoms with Gasteiger partial charge in [-0.3, -0.25) is 4.79 Å². The van der Waals surface area contributed by atoms with E-state index in [2.05, 4.69) is 39.3 Å². The molecule has 1 amide bonds.